The SMILES string of the molecule is CCCNCCNC(=O)C1CCN(C(=O)c2ccc(Cl)s2)CC1.Cl. The number of rotatable bonds is 7. The Balaban J connectivity index is 0.00000288. The molecular weight excluding hydrogens is 369 g/mol. The van der Waals surface area contributed by atoms with Gasteiger partial charge in [0.2, 0.25) is 5.91 Å². The number of hydrogen-bond acceptors (Lipinski definition) is 4. The second kappa shape index (κ2) is 10.9. The zero-order valence-corrected chi connectivity index (χ0v) is 16.2. The monoisotopic (exact) mass is 393 g/mol. The van der Waals surface area contributed by atoms with E-state index in [1.54, 1.807) is 12.1 Å². The maximum absolute atomic E-state index is 12.3. The minimum Gasteiger partial charge on any atom is -0.355 e. The van der Waals surface area contributed by atoms with Crippen LogP contribution >= 0.6 is 35.3 Å². The van der Waals surface area contributed by atoms with Gasteiger partial charge < -0.3 is 15.5 Å². The number of thiophene rings is 1. The quantitative estimate of drug-likeness (QED) is 0.700. The highest BCUT2D eigenvalue weighted by atomic mass is 35.5. The number of piperidine rings is 1. The summed E-state index contributed by atoms with van der Waals surface area (Å²) in [5.74, 6) is 0.135. The first-order valence-electron chi connectivity index (χ1n) is 8.15. The smallest absolute Gasteiger partial charge is 0.263 e. The van der Waals surface area contributed by atoms with Gasteiger partial charge in [-0.1, -0.05) is 18.5 Å². The molecule has 1 saturated heterocycles. The van der Waals surface area contributed by atoms with E-state index in [2.05, 4.69) is 17.6 Å². The molecule has 0 radical (unpaired) electrons. The summed E-state index contributed by atoms with van der Waals surface area (Å²) < 4.78 is 0.624. The molecule has 24 heavy (non-hydrogen) atoms. The molecule has 1 aliphatic heterocycles. The molecule has 1 fully saturated rings. The molecule has 1 aromatic rings. The molecule has 1 aromatic heterocycles. The average Bonchev–Trinajstić information content (AvgIpc) is 3.00. The third-order valence-corrected chi connectivity index (χ3v) is 5.18. The summed E-state index contributed by atoms with van der Waals surface area (Å²) in [6.07, 6.45) is 2.54. The molecule has 0 unspecified atom stereocenters. The van der Waals surface area contributed by atoms with E-state index in [-0.39, 0.29) is 30.1 Å². The first-order chi connectivity index (χ1) is 11.1. The van der Waals surface area contributed by atoms with Crippen molar-refractivity contribution < 1.29 is 9.59 Å². The van der Waals surface area contributed by atoms with Gasteiger partial charge in [0.15, 0.2) is 0 Å². The van der Waals surface area contributed by atoms with Crippen molar-refractivity contribution >= 4 is 47.2 Å². The maximum Gasteiger partial charge on any atom is 0.263 e. The Bertz CT molecular complexity index is 531. The molecule has 0 saturated carbocycles. The second-order valence-corrected chi connectivity index (χ2v) is 7.43. The summed E-state index contributed by atoms with van der Waals surface area (Å²) in [6, 6.07) is 3.50. The summed E-state index contributed by atoms with van der Waals surface area (Å²) in [5.41, 5.74) is 0. The lowest BCUT2D eigenvalue weighted by Crippen LogP contribution is -2.43. The average molecular weight is 394 g/mol. The van der Waals surface area contributed by atoms with Crippen LogP contribution in [0.2, 0.25) is 4.34 Å². The van der Waals surface area contributed by atoms with E-state index in [1.165, 1.54) is 11.3 Å². The van der Waals surface area contributed by atoms with E-state index in [1.807, 2.05) is 4.90 Å². The maximum atomic E-state index is 12.3. The number of hydrogen-bond donors (Lipinski definition) is 2. The van der Waals surface area contributed by atoms with Crippen molar-refractivity contribution in [1.29, 1.82) is 0 Å². The van der Waals surface area contributed by atoms with Crippen molar-refractivity contribution in [3.05, 3.63) is 21.3 Å². The van der Waals surface area contributed by atoms with E-state index in [0.717, 1.165) is 32.4 Å². The van der Waals surface area contributed by atoms with Crippen LogP contribution in [-0.2, 0) is 4.79 Å². The van der Waals surface area contributed by atoms with Crippen LogP contribution in [0.1, 0.15) is 35.9 Å². The number of nitrogens with zero attached hydrogens (tertiary/aromatic N) is 1. The molecule has 5 nitrogen and oxygen atoms in total. The van der Waals surface area contributed by atoms with Gasteiger partial charge >= 0.3 is 0 Å². The van der Waals surface area contributed by atoms with Crippen molar-refractivity contribution in [3.63, 3.8) is 0 Å². The lowest BCUT2D eigenvalue weighted by atomic mass is 9.96. The highest BCUT2D eigenvalue weighted by molar-refractivity contribution is 7.17. The van der Waals surface area contributed by atoms with E-state index in [4.69, 9.17) is 11.6 Å². The Morgan fingerprint density at radius 3 is 2.54 bits per heavy atom. The van der Waals surface area contributed by atoms with Crippen LogP contribution < -0.4 is 10.6 Å². The van der Waals surface area contributed by atoms with E-state index in [9.17, 15) is 9.59 Å². The van der Waals surface area contributed by atoms with E-state index >= 15 is 0 Å². The van der Waals surface area contributed by atoms with Crippen molar-refractivity contribution in [1.82, 2.24) is 15.5 Å². The predicted octanol–water partition coefficient (Wildman–Crippen LogP) is 2.79. The zero-order chi connectivity index (χ0) is 16.7. The van der Waals surface area contributed by atoms with Crippen molar-refractivity contribution in [3.8, 4) is 0 Å². The number of carbonyl (C=O) groups excluding carboxylic acids is 2. The highest BCUT2D eigenvalue weighted by Gasteiger charge is 2.28. The number of amides is 2. The number of likely N-dealkylation sites (tertiary alicyclic amines) is 1. The van der Waals surface area contributed by atoms with Crippen LogP contribution in [0.5, 0.6) is 0 Å². The summed E-state index contributed by atoms with van der Waals surface area (Å²) in [7, 11) is 0. The second-order valence-electron chi connectivity index (χ2n) is 5.71. The molecule has 136 valence electrons. The molecule has 8 heteroatoms. The van der Waals surface area contributed by atoms with Crippen molar-refractivity contribution in [2.75, 3.05) is 32.7 Å². The van der Waals surface area contributed by atoms with Gasteiger partial charge in [-0.25, -0.2) is 0 Å². The van der Waals surface area contributed by atoms with Crippen LogP contribution in [0, 0.1) is 5.92 Å². The van der Waals surface area contributed by atoms with Gasteiger partial charge in [-0.05, 0) is 37.9 Å². The van der Waals surface area contributed by atoms with Crippen LogP contribution in [0.4, 0.5) is 0 Å². The Hall–Kier alpha value is -0.820. The molecule has 2 amide bonds. The van der Waals surface area contributed by atoms with Crippen LogP contribution in [0.25, 0.3) is 0 Å². The summed E-state index contributed by atoms with van der Waals surface area (Å²) in [6.45, 7) is 5.80. The van der Waals surface area contributed by atoms with E-state index < -0.39 is 0 Å². The molecular formula is C16H25Cl2N3O2S. The third kappa shape index (κ3) is 6.24. The minimum atomic E-state index is 0. The van der Waals surface area contributed by atoms with Gasteiger partial charge in [-0.3, -0.25) is 9.59 Å². The molecule has 2 heterocycles. The van der Waals surface area contributed by atoms with Gasteiger partial charge in [0.1, 0.15) is 0 Å². The van der Waals surface area contributed by atoms with Gasteiger partial charge in [0.25, 0.3) is 5.91 Å². The Kier molecular flexibility index (Phi) is 9.66. The number of carbonyl (C=O) groups is 2. The Morgan fingerprint density at radius 1 is 1.25 bits per heavy atom. The molecule has 0 bridgehead atoms. The third-order valence-electron chi connectivity index (χ3n) is 3.96. The van der Waals surface area contributed by atoms with E-state index in [0.29, 0.717) is 28.8 Å². The zero-order valence-electron chi connectivity index (χ0n) is 13.8. The van der Waals surface area contributed by atoms with Gasteiger partial charge in [-0.15, -0.1) is 23.7 Å². The lowest BCUT2D eigenvalue weighted by Gasteiger charge is -2.31. The number of nitrogens with one attached hydrogen (secondary N) is 2. The fourth-order valence-electron chi connectivity index (χ4n) is 2.65. The molecule has 0 spiro atoms. The lowest BCUT2D eigenvalue weighted by molar-refractivity contribution is -0.126. The summed E-state index contributed by atoms with van der Waals surface area (Å²) in [5, 5.41) is 6.23. The molecule has 1 aliphatic rings. The molecule has 2 N–H and O–H groups in total. The minimum absolute atomic E-state index is 0. The molecule has 0 atom stereocenters. The van der Waals surface area contributed by atoms with Crippen LogP contribution in [0.15, 0.2) is 12.1 Å². The molecule has 2 rings (SSSR count). The largest absolute Gasteiger partial charge is 0.355 e. The topological polar surface area (TPSA) is 61.4 Å². The Labute approximate surface area is 158 Å². The van der Waals surface area contributed by atoms with Crippen molar-refractivity contribution in [2.45, 2.75) is 26.2 Å². The van der Waals surface area contributed by atoms with Gasteiger partial charge in [0.05, 0.1) is 9.21 Å². The van der Waals surface area contributed by atoms with Gasteiger partial charge in [0, 0.05) is 32.1 Å². The number of halogens is 2. The summed E-state index contributed by atoms with van der Waals surface area (Å²) >= 11 is 7.18. The Morgan fingerprint density at radius 2 is 1.96 bits per heavy atom. The first kappa shape index (κ1) is 21.2. The molecule has 0 aromatic carbocycles. The normalized spacial score (nSPS) is 15.0. The standard InChI is InChI=1S/C16H24ClN3O2S.ClH/c1-2-7-18-8-9-19-15(21)12-5-10-20(11-6-12)16(22)13-3-4-14(17)23-13;/h3-4,12,18H,2,5-11H2,1H3,(H,19,21);1H. The van der Waals surface area contributed by atoms with Gasteiger partial charge in [-0.2, -0.15) is 0 Å². The fraction of sp³-hybridized carbons (Fsp3) is 0.625. The summed E-state index contributed by atoms with van der Waals surface area (Å²) in [4.78, 5) is 26.9. The highest BCUT2D eigenvalue weighted by Crippen LogP contribution is 2.25. The van der Waals surface area contributed by atoms with Crippen LogP contribution in [0.3, 0.4) is 0 Å². The van der Waals surface area contributed by atoms with Crippen molar-refractivity contribution in [2.24, 2.45) is 5.92 Å². The fourth-order valence-corrected chi connectivity index (χ4v) is 3.66. The first-order valence-corrected chi connectivity index (χ1v) is 9.34. The molecule has 0 aliphatic carbocycles. The van der Waals surface area contributed by atoms with Crippen LogP contribution in [-0.4, -0.2) is 49.4 Å². The predicted molar refractivity (Wildman–Crippen MR) is 101 cm³/mol.